The Kier molecular flexibility index (Phi) is 40.0. The van der Waals surface area contributed by atoms with Crippen LogP contribution in [-0.2, 0) is 4.79 Å². The van der Waals surface area contributed by atoms with E-state index in [4.69, 9.17) is 0 Å². The average molecular weight is 736 g/mol. The van der Waals surface area contributed by atoms with Crippen LogP contribution in [0.1, 0.15) is 232 Å². The van der Waals surface area contributed by atoms with Crippen LogP contribution in [-0.4, -0.2) is 57.3 Å². The van der Waals surface area contributed by atoms with Crippen LogP contribution < -0.4 is 5.32 Å². The first kappa shape index (κ1) is 50.8. The smallest absolute Gasteiger partial charge is 0.249 e. The molecular formula is C46H89NO5. The van der Waals surface area contributed by atoms with Crippen LogP contribution in [0.3, 0.4) is 0 Å². The summed E-state index contributed by atoms with van der Waals surface area (Å²) in [6.45, 7) is 3.91. The lowest BCUT2D eigenvalue weighted by Crippen LogP contribution is -2.53. The zero-order chi connectivity index (χ0) is 38.2. The molecular weight excluding hydrogens is 647 g/mol. The van der Waals surface area contributed by atoms with E-state index in [0.717, 1.165) is 44.9 Å². The van der Waals surface area contributed by atoms with Gasteiger partial charge in [0, 0.05) is 0 Å². The Bertz CT molecular complexity index is 787. The van der Waals surface area contributed by atoms with Crippen molar-refractivity contribution in [3.63, 3.8) is 0 Å². The fourth-order valence-corrected chi connectivity index (χ4v) is 7.08. The van der Waals surface area contributed by atoms with E-state index >= 15 is 0 Å². The molecule has 0 aromatic rings. The molecule has 0 radical (unpaired) electrons. The molecule has 6 nitrogen and oxygen atoms in total. The number of carbonyl (C=O) groups excluding carboxylic acids is 1. The predicted molar refractivity (Wildman–Crippen MR) is 224 cm³/mol. The van der Waals surface area contributed by atoms with Crippen molar-refractivity contribution >= 4 is 5.91 Å². The monoisotopic (exact) mass is 736 g/mol. The Labute approximate surface area is 323 Å². The fraction of sp³-hybridized carbons (Fsp3) is 0.891. The number of aliphatic hydroxyl groups is 4. The van der Waals surface area contributed by atoms with Crippen molar-refractivity contribution in [1.82, 2.24) is 5.32 Å². The molecule has 0 heterocycles. The molecule has 0 aliphatic rings. The molecule has 4 atom stereocenters. The first-order valence-corrected chi connectivity index (χ1v) is 22.7. The van der Waals surface area contributed by atoms with Gasteiger partial charge in [-0.05, 0) is 44.9 Å². The Morgan fingerprint density at radius 2 is 0.846 bits per heavy atom. The quantitative estimate of drug-likeness (QED) is 0.0317. The fourth-order valence-electron chi connectivity index (χ4n) is 7.08. The largest absolute Gasteiger partial charge is 0.394 e. The van der Waals surface area contributed by atoms with Gasteiger partial charge in [-0.25, -0.2) is 0 Å². The second-order valence-electron chi connectivity index (χ2n) is 15.7. The van der Waals surface area contributed by atoms with Crippen LogP contribution in [0.2, 0.25) is 0 Å². The number of hydrogen-bond acceptors (Lipinski definition) is 5. The minimum Gasteiger partial charge on any atom is -0.394 e. The Morgan fingerprint density at radius 3 is 1.23 bits per heavy atom. The van der Waals surface area contributed by atoms with E-state index in [1.165, 1.54) is 154 Å². The number of amides is 1. The molecule has 0 saturated carbocycles. The molecule has 4 unspecified atom stereocenters. The molecule has 0 aliphatic heterocycles. The number of allylic oxidation sites excluding steroid dienone is 4. The maximum atomic E-state index is 12.5. The number of hydrogen-bond donors (Lipinski definition) is 5. The molecule has 52 heavy (non-hydrogen) atoms. The van der Waals surface area contributed by atoms with Gasteiger partial charge in [-0.1, -0.05) is 212 Å². The maximum absolute atomic E-state index is 12.5. The SMILES string of the molecule is CC/C=C/CC/C=C/CCCC(O)C(O)C(CO)NC(=O)C(O)CCCCCCCCCCCCCCCCCCCCCCCCCCCCC. The molecule has 0 aromatic carbocycles. The van der Waals surface area contributed by atoms with Crippen LogP contribution in [0.15, 0.2) is 24.3 Å². The Morgan fingerprint density at radius 1 is 0.481 bits per heavy atom. The lowest BCUT2D eigenvalue weighted by Gasteiger charge is -2.27. The number of carbonyl (C=O) groups is 1. The number of unbranched alkanes of at least 4 members (excludes halogenated alkanes) is 28. The summed E-state index contributed by atoms with van der Waals surface area (Å²) in [5, 5.41) is 43.4. The molecule has 0 fully saturated rings. The van der Waals surface area contributed by atoms with Gasteiger partial charge in [0.2, 0.25) is 5.91 Å². The molecule has 0 aliphatic carbocycles. The zero-order valence-corrected chi connectivity index (χ0v) is 34.6. The molecule has 0 saturated heterocycles. The van der Waals surface area contributed by atoms with Crippen molar-refractivity contribution in [2.24, 2.45) is 0 Å². The van der Waals surface area contributed by atoms with Gasteiger partial charge >= 0.3 is 0 Å². The normalized spacial score (nSPS) is 14.3. The summed E-state index contributed by atoms with van der Waals surface area (Å²) in [6.07, 6.45) is 46.8. The first-order valence-electron chi connectivity index (χ1n) is 22.7. The molecule has 0 aromatic heterocycles. The summed E-state index contributed by atoms with van der Waals surface area (Å²) in [6, 6.07) is -1.00. The standard InChI is InChI=1S/C46H89NO5/c1-3-5-7-9-11-13-14-15-16-17-18-19-20-21-22-23-24-25-26-27-28-29-30-32-34-36-38-40-44(50)46(52)47-42(41-48)45(51)43(49)39-37-35-33-31-12-10-8-6-4-2/h6,8,31,33,42-45,48-51H,3-5,7,9-30,32,34-41H2,1-2H3,(H,47,52)/b8-6+,33-31+. The highest BCUT2D eigenvalue weighted by atomic mass is 16.3. The van der Waals surface area contributed by atoms with Gasteiger partial charge in [-0.3, -0.25) is 4.79 Å². The van der Waals surface area contributed by atoms with E-state index in [-0.39, 0.29) is 0 Å². The van der Waals surface area contributed by atoms with Crippen LogP contribution in [0.25, 0.3) is 0 Å². The summed E-state index contributed by atoms with van der Waals surface area (Å²) < 4.78 is 0. The van der Waals surface area contributed by atoms with Crippen LogP contribution in [0.5, 0.6) is 0 Å². The number of aliphatic hydroxyl groups excluding tert-OH is 4. The minimum atomic E-state index is -1.28. The van der Waals surface area contributed by atoms with Gasteiger partial charge in [0.05, 0.1) is 18.8 Å². The summed E-state index contributed by atoms with van der Waals surface area (Å²) in [7, 11) is 0. The molecule has 0 bridgehead atoms. The molecule has 6 heteroatoms. The minimum absolute atomic E-state index is 0.364. The molecule has 0 rings (SSSR count). The van der Waals surface area contributed by atoms with E-state index in [0.29, 0.717) is 19.3 Å². The van der Waals surface area contributed by atoms with Crippen molar-refractivity contribution in [2.75, 3.05) is 6.61 Å². The highest BCUT2D eigenvalue weighted by Crippen LogP contribution is 2.17. The molecule has 0 spiro atoms. The number of nitrogens with one attached hydrogen (secondary N) is 1. The maximum Gasteiger partial charge on any atom is 0.249 e. The van der Waals surface area contributed by atoms with E-state index in [2.05, 4.69) is 43.5 Å². The summed E-state index contributed by atoms with van der Waals surface area (Å²) in [4.78, 5) is 12.5. The molecule has 308 valence electrons. The van der Waals surface area contributed by atoms with Gasteiger partial charge in [0.25, 0.3) is 0 Å². The number of rotatable bonds is 41. The summed E-state index contributed by atoms with van der Waals surface area (Å²) in [5.41, 5.74) is 0. The third-order valence-corrected chi connectivity index (χ3v) is 10.7. The van der Waals surface area contributed by atoms with E-state index < -0.39 is 36.9 Å². The van der Waals surface area contributed by atoms with Gasteiger partial charge in [-0.15, -0.1) is 0 Å². The second-order valence-corrected chi connectivity index (χ2v) is 15.7. The second kappa shape index (κ2) is 41.0. The van der Waals surface area contributed by atoms with Gasteiger partial charge in [0.1, 0.15) is 12.2 Å². The van der Waals surface area contributed by atoms with Crippen molar-refractivity contribution in [1.29, 1.82) is 0 Å². The van der Waals surface area contributed by atoms with Crippen LogP contribution >= 0.6 is 0 Å². The predicted octanol–water partition coefficient (Wildman–Crippen LogP) is 12.0. The molecule has 1 amide bonds. The van der Waals surface area contributed by atoms with Crippen molar-refractivity contribution in [2.45, 2.75) is 257 Å². The first-order chi connectivity index (χ1) is 25.5. The Hall–Kier alpha value is -1.21. The lowest BCUT2D eigenvalue weighted by atomic mass is 10.00. The summed E-state index contributed by atoms with van der Waals surface area (Å²) >= 11 is 0. The zero-order valence-electron chi connectivity index (χ0n) is 34.6. The Balaban J connectivity index is 3.58. The van der Waals surface area contributed by atoms with Gasteiger partial charge in [-0.2, -0.15) is 0 Å². The van der Waals surface area contributed by atoms with Crippen molar-refractivity contribution in [3.8, 4) is 0 Å². The van der Waals surface area contributed by atoms with Crippen LogP contribution in [0, 0.1) is 0 Å². The average Bonchev–Trinajstić information content (AvgIpc) is 3.15. The lowest BCUT2D eigenvalue weighted by molar-refractivity contribution is -0.132. The third-order valence-electron chi connectivity index (χ3n) is 10.7. The topological polar surface area (TPSA) is 110 Å². The van der Waals surface area contributed by atoms with Crippen molar-refractivity contribution < 1.29 is 25.2 Å². The summed E-state index contributed by atoms with van der Waals surface area (Å²) in [5.74, 6) is -0.597. The van der Waals surface area contributed by atoms with Gasteiger partial charge < -0.3 is 25.7 Å². The van der Waals surface area contributed by atoms with E-state index in [9.17, 15) is 25.2 Å². The van der Waals surface area contributed by atoms with Gasteiger partial charge in [0.15, 0.2) is 0 Å². The van der Waals surface area contributed by atoms with E-state index in [1.54, 1.807) is 0 Å². The molecule has 5 N–H and O–H groups in total. The van der Waals surface area contributed by atoms with Crippen LogP contribution in [0.4, 0.5) is 0 Å². The highest BCUT2D eigenvalue weighted by Gasteiger charge is 2.28. The third kappa shape index (κ3) is 34.6. The van der Waals surface area contributed by atoms with E-state index in [1.807, 2.05) is 0 Å². The van der Waals surface area contributed by atoms with Crippen molar-refractivity contribution in [3.05, 3.63) is 24.3 Å². The highest BCUT2D eigenvalue weighted by molar-refractivity contribution is 5.80.